The molecule has 0 saturated carbocycles. The molecule has 0 fully saturated rings. The summed E-state index contributed by atoms with van der Waals surface area (Å²) in [5.74, 6) is 0.697. The van der Waals surface area contributed by atoms with Crippen molar-refractivity contribution < 1.29 is 14.8 Å². The van der Waals surface area contributed by atoms with Crippen molar-refractivity contribution in [1.82, 2.24) is 0 Å². The van der Waals surface area contributed by atoms with E-state index < -0.39 is 11.0 Å². The molecule has 0 aliphatic carbocycles. The number of hydrogen-bond donors (Lipinski definition) is 1. The summed E-state index contributed by atoms with van der Waals surface area (Å²) < 4.78 is 5.56. The molecule has 2 rings (SSSR count). The number of nitro groups is 1. The Morgan fingerprint density at radius 1 is 1.20 bits per heavy atom. The summed E-state index contributed by atoms with van der Waals surface area (Å²) in [5, 5.41) is 20.5. The van der Waals surface area contributed by atoms with Gasteiger partial charge in [-0.2, -0.15) is 0 Å². The van der Waals surface area contributed by atoms with Crippen LogP contribution >= 0.6 is 0 Å². The van der Waals surface area contributed by atoms with Crippen LogP contribution < -0.4 is 4.74 Å². The highest BCUT2D eigenvalue weighted by Crippen LogP contribution is 2.34. The van der Waals surface area contributed by atoms with E-state index in [1.165, 1.54) is 0 Å². The number of aliphatic hydroxyl groups excluding tert-OH is 1. The fourth-order valence-corrected chi connectivity index (χ4v) is 1.89. The molecule has 0 amide bonds. The topological polar surface area (TPSA) is 72.6 Å². The number of aryl methyl sites for hydroxylation is 1. The van der Waals surface area contributed by atoms with Gasteiger partial charge in [0.05, 0.1) is 11.0 Å². The van der Waals surface area contributed by atoms with E-state index in [4.69, 9.17) is 4.74 Å². The third-order valence-electron chi connectivity index (χ3n) is 2.97. The molecule has 0 bridgehead atoms. The zero-order valence-corrected chi connectivity index (χ0v) is 11.2. The van der Waals surface area contributed by atoms with Crippen LogP contribution in [-0.4, -0.2) is 10.0 Å². The first-order valence-corrected chi connectivity index (χ1v) is 6.19. The van der Waals surface area contributed by atoms with Gasteiger partial charge in [-0.25, -0.2) is 0 Å². The van der Waals surface area contributed by atoms with Crippen LogP contribution in [0.15, 0.2) is 42.5 Å². The maximum absolute atomic E-state index is 11.1. The first-order chi connectivity index (χ1) is 9.49. The van der Waals surface area contributed by atoms with Crippen LogP contribution in [0.5, 0.6) is 11.5 Å². The zero-order valence-electron chi connectivity index (χ0n) is 11.2. The molecule has 5 nitrogen and oxygen atoms in total. The van der Waals surface area contributed by atoms with Crippen molar-refractivity contribution in [1.29, 1.82) is 0 Å². The molecular formula is C15H15NO4. The van der Waals surface area contributed by atoms with Gasteiger partial charge in [0.15, 0.2) is 0 Å². The van der Waals surface area contributed by atoms with E-state index in [1.807, 2.05) is 0 Å². The van der Waals surface area contributed by atoms with Crippen LogP contribution in [-0.2, 0) is 0 Å². The van der Waals surface area contributed by atoms with Gasteiger partial charge in [-0.3, -0.25) is 10.1 Å². The van der Waals surface area contributed by atoms with Crippen molar-refractivity contribution in [2.24, 2.45) is 0 Å². The normalized spacial score (nSPS) is 11.9. The standard InChI is InChI=1S/C15H15NO4/c1-10-4-3-5-14(15(10)16(18)19)20-13-8-6-12(7-9-13)11(2)17/h3-9,11,17H,1-2H3. The highest BCUT2D eigenvalue weighted by molar-refractivity contribution is 5.53. The van der Waals surface area contributed by atoms with Crippen molar-refractivity contribution in [3.8, 4) is 11.5 Å². The lowest BCUT2D eigenvalue weighted by atomic mass is 10.1. The molecular weight excluding hydrogens is 258 g/mol. The highest BCUT2D eigenvalue weighted by Gasteiger charge is 2.18. The highest BCUT2D eigenvalue weighted by atomic mass is 16.6. The molecule has 0 spiro atoms. The molecule has 1 N–H and O–H groups in total. The Labute approximate surface area is 116 Å². The molecule has 5 heteroatoms. The van der Waals surface area contributed by atoms with Crippen molar-refractivity contribution in [3.05, 3.63) is 63.7 Å². The number of aliphatic hydroxyl groups is 1. The van der Waals surface area contributed by atoms with Gasteiger partial charge in [-0.05, 0) is 37.6 Å². The van der Waals surface area contributed by atoms with Crippen LogP contribution in [0, 0.1) is 17.0 Å². The van der Waals surface area contributed by atoms with Crippen LogP contribution in [0.3, 0.4) is 0 Å². The van der Waals surface area contributed by atoms with Gasteiger partial charge in [-0.15, -0.1) is 0 Å². The first-order valence-electron chi connectivity index (χ1n) is 6.19. The summed E-state index contributed by atoms with van der Waals surface area (Å²) >= 11 is 0. The number of hydrogen-bond acceptors (Lipinski definition) is 4. The fraction of sp³-hybridized carbons (Fsp3) is 0.200. The molecule has 2 aromatic rings. The molecule has 1 unspecified atom stereocenters. The third kappa shape index (κ3) is 2.95. The largest absolute Gasteiger partial charge is 0.450 e. The molecule has 0 saturated heterocycles. The summed E-state index contributed by atoms with van der Waals surface area (Å²) in [6.45, 7) is 3.34. The second kappa shape index (κ2) is 5.71. The van der Waals surface area contributed by atoms with Crippen molar-refractivity contribution >= 4 is 5.69 Å². The van der Waals surface area contributed by atoms with E-state index in [0.717, 1.165) is 5.56 Å². The fourth-order valence-electron chi connectivity index (χ4n) is 1.89. The number of para-hydroxylation sites is 1. The summed E-state index contributed by atoms with van der Waals surface area (Å²) in [6, 6.07) is 11.7. The van der Waals surface area contributed by atoms with Crippen LogP contribution in [0.25, 0.3) is 0 Å². The number of rotatable bonds is 4. The minimum absolute atomic E-state index is 0.0351. The van der Waals surface area contributed by atoms with Gasteiger partial charge < -0.3 is 9.84 Å². The Morgan fingerprint density at radius 3 is 2.40 bits per heavy atom. The number of ether oxygens (including phenoxy) is 1. The average Bonchev–Trinajstić information content (AvgIpc) is 2.39. The second-order valence-corrected chi connectivity index (χ2v) is 4.53. The van der Waals surface area contributed by atoms with E-state index in [0.29, 0.717) is 11.3 Å². The Balaban J connectivity index is 2.30. The minimum Gasteiger partial charge on any atom is -0.450 e. The Kier molecular flexibility index (Phi) is 4.00. The van der Waals surface area contributed by atoms with Gasteiger partial charge in [0.25, 0.3) is 0 Å². The van der Waals surface area contributed by atoms with Gasteiger partial charge in [-0.1, -0.05) is 24.3 Å². The third-order valence-corrected chi connectivity index (χ3v) is 2.97. The Morgan fingerprint density at radius 2 is 1.85 bits per heavy atom. The molecule has 2 aromatic carbocycles. The summed E-state index contributed by atoms with van der Waals surface area (Å²) in [5.41, 5.74) is 1.27. The molecule has 20 heavy (non-hydrogen) atoms. The predicted octanol–water partition coefficient (Wildman–Crippen LogP) is 3.75. The van der Waals surface area contributed by atoms with Crippen molar-refractivity contribution in [2.75, 3.05) is 0 Å². The lowest BCUT2D eigenvalue weighted by molar-refractivity contribution is -0.386. The van der Waals surface area contributed by atoms with Gasteiger partial charge in [0.1, 0.15) is 5.75 Å². The van der Waals surface area contributed by atoms with E-state index in [1.54, 1.807) is 56.3 Å². The smallest absolute Gasteiger partial charge is 0.314 e. The number of nitro benzene ring substituents is 1. The number of nitrogens with zero attached hydrogens (tertiary/aromatic N) is 1. The molecule has 104 valence electrons. The van der Waals surface area contributed by atoms with E-state index in [9.17, 15) is 15.2 Å². The molecule has 0 aliphatic heterocycles. The first kappa shape index (κ1) is 14.0. The summed E-state index contributed by atoms with van der Waals surface area (Å²) in [4.78, 5) is 10.6. The van der Waals surface area contributed by atoms with Crippen molar-refractivity contribution in [2.45, 2.75) is 20.0 Å². The lowest BCUT2D eigenvalue weighted by Crippen LogP contribution is -1.96. The number of benzene rings is 2. The van der Waals surface area contributed by atoms with Gasteiger partial charge in [0.2, 0.25) is 5.75 Å². The minimum atomic E-state index is -0.558. The Bertz CT molecular complexity index is 620. The van der Waals surface area contributed by atoms with Crippen LogP contribution in [0.2, 0.25) is 0 Å². The SMILES string of the molecule is Cc1cccc(Oc2ccc(C(C)O)cc2)c1[N+](=O)[O-]. The molecule has 1 atom stereocenters. The molecule has 0 radical (unpaired) electrons. The van der Waals surface area contributed by atoms with Gasteiger partial charge >= 0.3 is 5.69 Å². The average molecular weight is 273 g/mol. The lowest BCUT2D eigenvalue weighted by Gasteiger charge is -2.09. The Hall–Kier alpha value is -2.40. The molecule has 0 aromatic heterocycles. The van der Waals surface area contributed by atoms with Crippen LogP contribution in [0.1, 0.15) is 24.2 Å². The van der Waals surface area contributed by atoms with Gasteiger partial charge in [0, 0.05) is 5.56 Å². The van der Waals surface area contributed by atoms with Crippen molar-refractivity contribution in [3.63, 3.8) is 0 Å². The van der Waals surface area contributed by atoms with Crippen LogP contribution in [0.4, 0.5) is 5.69 Å². The van der Waals surface area contributed by atoms with E-state index in [-0.39, 0.29) is 11.4 Å². The molecule has 0 aliphatic rings. The molecule has 0 heterocycles. The quantitative estimate of drug-likeness (QED) is 0.680. The maximum atomic E-state index is 11.1. The van der Waals surface area contributed by atoms with E-state index >= 15 is 0 Å². The maximum Gasteiger partial charge on any atom is 0.314 e. The summed E-state index contributed by atoms with van der Waals surface area (Å²) in [7, 11) is 0. The monoisotopic (exact) mass is 273 g/mol. The van der Waals surface area contributed by atoms with E-state index in [2.05, 4.69) is 0 Å². The predicted molar refractivity (Wildman–Crippen MR) is 75.0 cm³/mol. The summed E-state index contributed by atoms with van der Waals surface area (Å²) in [6.07, 6.45) is -0.558. The zero-order chi connectivity index (χ0) is 14.7. The second-order valence-electron chi connectivity index (χ2n) is 4.53.